The van der Waals surface area contributed by atoms with E-state index < -0.39 is 53.3 Å². The monoisotopic (exact) mass is 539 g/mol. The van der Waals surface area contributed by atoms with E-state index in [9.17, 15) is 27.9 Å². The molecule has 36 heavy (non-hydrogen) atoms. The Labute approximate surface area is 216 Å². The number of benzene rings is 2. The third-order valence-corrected chi connectivity index (χ3v) is 5.90. The van der Waals surface area contributed by atoms with Crippen molar-refractivity contribution in [1.82, 2.24) is 14.5 Å². The normalized spacial score (nSPS) is 13.2. The molecule has 0 aliphatic heterocycles. The SMILES string of the molecule is [2H]C([2H])([2H])c1nc2c(C)ccc(NC(=O)c3cc(Cl)c(O)c(Cl)n3)c2c(=O)n1Cc1ccccc1C(F)(F)F. The number of aryl methyl sites for hydroxylation is 2. The van der Waals surface area contributed by atoms with Crippen LogP contribution < -0.4 is 10.9 Å². The van der Waals surface area contributed by atoms with Crippen molar-refractivity contribution in [3.8, 4) is 5.75 Å². The molecule has 2 N–H and O–H groups in total. The molecule has 0 saturated heterocycles. The van der Waals surface area contributed by atoms with Gasteiger partial charge in [0.2, 0.25) is 0 Å². The average molecular weight is 540 g/mol. The Morgan fingerprint density at radius 3 is 2.58 bits per heavy atom. The highest BCUT2D eigenvalue weighted by atomic mass is 35.5. The minimum absolute atomic E-state index is 0.0704. The number of pyridine rings is 1. The van der Waals surface area contributed by atoms with Gasteiger partial charge in [0.05, 0.1) is 33.7 Å². The maximum Gasteiger partial charge on any atom is 0.416 e. The molecule has 0 aliphatic rings. The van der Waals surface area contributed by atoms with Crippen LogP contribution in [0.25, 0.3) is 10.9 Å². The van der Waals surface area contributed by atoms with Gasteiger partial charge in [-0.3, -0.25) is 14.2 Å². The first-order valence-corrected chi connectivity index (χ1v) is 10.9. The molecule has 0 radical (unpaired) electrons. The van der Waals surface area contributed by atoms with E-state index in [4.69, 9.17) is 27.3 Å². The minimum Gasteiger partial charge on any atom is -0.504 e. The van der Waals surface area contributed by atoms with Gasteiger partial charge in [0.1, 0.15) is 11.5 Å². The van der Waals surface area contributed by atoms with Crippen LogP contribution in [0.3, 0.4) is 0 Å². The number of nitrogens with zero attached hydrogens (tertiary/aromatic N) is 3. The maximum atomic E-state index is 13.8. The van der Waals surface area contributed by atoms with Gasteiger partial charge in [-0.15, -0.1) is 0 Å². The number of halogens is 5. The second-order valence-electron chi connectivity index (χ2n) is 7.72. The maximum absolute atomic E-state index is 13.8. The number of carbonyl (C=O) groups excluding carboxylic acids is 1. The number of aromatic hydroxyl groups is 1. The average Bonchev–Trinajstić information content (AvgIpc) is 2.84. The molecule has 4 rings (SSSR count). The Balaban J connectivity index is 1.93. The van der Waals surface area contributed by atoms with Crippen molar-refractivity contribution >= 4 is 45.7 Å². The number of rotatable bonds is 4. The van der Waals surface area contributed by atoms with Gasteiger partial charge in [-0.1, -0.05) is 47.5 Å². The van der Waals surface area contributed by atoms with E-state index >= 15 is 0 Å². The minimum atomic E-state index is -4.76. The van der Waals surface area contributed by atoms with Crippen LogP contribution in [-0.2, 0) is 12.7 Å². The summed E-state index contributed by atoms with van der Waals surface area (Å²) in [4.78, 5) is 34.6. The Kier molecular flexibility index (Phi) is 5.67. The predicted octanol–water partition coefficient (Wildman–Crippen LogP) is 5.74. The molecule has 2 aromatic heterocycles. The summed E-state index contributed by atoms with van der Waals surface area (Å²) in [6.07, 6.45) is -4.76. The summed E-state index contributed by atoms with van der Waals surface area (Å²) in [5, 5.41) is 11.2. The molecule has 2 heterocycles. The van der Waals surface area contributed by atoms with Gasteiger partial charge >= 0.3 is 6.18 Å². The highest BCUT2D eigenvalue weighted by Gasteiger charge is 2.33. The summed E-state index contributed by atoms with van der Waals surface area (Å²) in [6, 6.07) is 8.31. The van der Waals surface area contributed by atoms with Crippen LogP contribution >= 0.6 is 23.2 Å². The van der Waals surface area contributed by atoms with Crippen LogP contribution in [0.1, 0.15) is 37.1 Å². The Morgan fingerprint density at radius 2 is 1.92 bits per heavy atom. The summed E-state index contributed by atoms with van der Waals surface area (Å²) < 4.78 is 65.3. The lowest BCUT2D eigenvalue weighted by atomic mass is 10.1. The number of fused-ring (bicyclic) bond motifs is 1. The van der Waals surface area contributed by atoms with E-state index in [1.54, 1.807) is 6.92 Å². The van der Waals surface area contributed by atoms with Gasteiger partial charge < -0.3 is 10.4 Å². The van der Waals surface area contributed by atoms with Crippen molar-refractivity contribution < 1.29 is 27.2 Å². The molecule has 0 fully saturated rings. The first-order valence-electron chi connectivity index (χ1n) is 11.7. The Hall–Kier alpha value is -3.63. The van der Waals surface area contributed by atoms with Crippen LogP contribution in [0, 0.1) is 13.8 Å². The summed E-state index contributed by atoms with van der Waals surface area (Å²) in [5.74, 6) is -2.15. The zero-order valence-electron chi connectivity index (χ0n) is 21.2. The molecule has 0 saturated carbocycles. The first-order chi connectivity index (χ1) is 18.1. The van der Waals surface area contributed by atoms with Gasteiger partial charge in [-0.25, -0.2) is 9.97 Å². The number of alkyl halides is 3. The molecule has 0 atom stereocenters. The molecular weight excluding hydrogens is 520 g/mol. The zero-order chi connectivity index (χ0) is 28.9. The third-order valence-electron chi connectivity index (χ3n) is 5.35. The second kappa shape index (κ2) is 9.44. The van der Waals surface area contributed by atoms with Crippen LogP contribution in [0.15, 0.2) is 47.3 Å². The van der Waals surface area contributed by atoms with Crippen molar-refractivity contribution in [3.63, 3.8) is 0 Å². The smallest absolute Gasteiger partial charge is 0.416 e. The fourth-order valence-corrected chi connectivity index (χ4v) is 4.02. The molecule has 1 amide bonds. The van der Waals surface area contributed by atoms with E-state index in [2.05, 4.69) is 15.3 Å². The summed E-state index contributed by atoms with van der Waals surface area (Å²) in [6.45, 7) is -2.17. The van der Waals surface area contributed by atoms with Crippen molar-refractivity contribution in [2.24, 2.45) is 0 Å². The van der Waals surface area contributed by atoms with Crippen molar-refractivity contribution in [2.75, 3.05) is 5.32 Å². The molecular formula is C24H17Cl2F3N4O3. The number of amides is 1. The van der Waals surface area contributed by atoms with Crippen molar-refractivity contribution in [3.05, 3.63) is 91.2 Å². The number of hydrogen-bond donors (Lipinski definition) is 2. The summed E-state index contributed by atoms with van der Waals surface area (Å²) >= 11 is 11.6. The standard InChI is InChI=1S/C24H17Cl2F3N4O3/c1-11-7-8-16(32-22(35)17-9-15(25)20(34)21(26)31-17)18-19(11)30-12(2)33(23(18)36)10-13-5-3-4-6-14(13)24(27,28)29/h3-9,34H,10H2,1-2H3,(H,32,35)/i2D3. The molecule has 12 heteroatoms. The van der Waals surface area contributed by atoms with Crippen LogP contribution in [0.2, 0.25) is 10.2 Å². The number of carbonyl (C=O) groups is 1. The molecule has 2 aromatic carbocycles. The predicted molar refractivity (Wildman–Crippen MR) is 130 cm³/mol. The van der Waals surface area contributed by atoms with Gasteiger partial charge in [0.25, 0.3) is 11.5 Å². The summed E-state index contributed by atoms with van der Waals surface area (Å²) in [5.41, 5.74) is -2.51. The van der Waals surface area contributed by atoms with E-state index in [-0.39, 0.29) is 32.9 Å². The fraction of sp³-hybridized carbons (Fsp3) is 0.167. The molecule has 0 bridgehead atoms. The Morgan fingerprint density at radius 1 is 1.19 bits per heavy atom. The lowest BCUT2D eigenvalue weighted by Gasteiger charge is -2.17. The van der Waals surface area contributed by atoms with Gasteiger partial charge in [-0.05, 0) is 43.1 Å². The second-order valence-corrected chi connectivity index (χ2v) is 8.48. The number of anilines is 1. The fourth-order valence-electron chi connectivity index (χ4n) is 3.59. The quantitative estimate of drug-likeness (QED) is 0.322. The number of nitrogens with one attached hydrogen (secondary N) is 1. The number of aromatic nitrogens is 3. The van der Waals surface area contributed by atoms with Crippen molar-refractivity contribution in [2.45, 2.75) is 26.5 Å². The molecule has 0 unspecified atom stereocenters. The van der Waals surface area contributed by atoms with E-state index in [0.717, 1.165) is 18.2 Å². The van der Waals surface area contributed by atoms with Crippen LogP contribution in [-0.4, -0.2) is 25.5 Å². The molecule has 7 nitrogen and oxygen atoms in total. The third kappa shape index (κ3) is 4.74. The molecule has 0 spiro atoms. The van der Waals surface area contributed by atoms with E-state index in [1.165, 1.54) is 24.3 Å². The topological polar surface area (TPSA) is 97.1 Å². The first kappa shape index (κ1) is 21.6. The molecule has 186 valence electrons. The highest BCUT2D eigenvalue weighted by Crippen LogP contribution is 2.33. The van der Waals surface area contributed by atoms with Crippen molar-refractivity contribution in [1.29, 1.82) is 0 Å². The summed E-state index contributed by atoms with van der Waals surface area (Å²) in [7, 11) is 0. The van der Waals surface area contributed by atoms with Gasteiger partial charge in [-0.2, -0.15) is 13.2 Å². The van der Waals surface area contributed by atoms with Gasteiger partial charge in [0.15, 0.2) is 10.9 Å². The van der Waals surface area contributed by atoms with Gasteiger partial charge in [0, 0.05) is 4.11 Å². The largest absolute Gasteiger partial charge is 0.504 e. The van der Waals surface area contributed by atoms with Crippen LogP contribution in [0.5, 0.6) is 5.75 Å². The Bertz CT molecular complexity index is 1670. The van der Waals surface area contributed by atoms with E-state index in [1.807, 2.05) is 0 Å². The highest BCUT2D eigenvalue weighted by molar-refractivity contribution is 6.36. The lowest BCUT2D eigenvalue weighted by molar-refractivity contribution is -0.138. The molecule has 4 aromatic rings. The lowest BCUT2D eigenvalue weighted by Crippen LogP contribution is -2.27. The molecule has 0 aliphatic carbocycles. The number of hydrogen-bond acceptors (Lipinski definition) is 5. The van der Waals surface area contributed by atoms with E-state index in [0.29, 0.717) is 10.1 Å². The van der Waals surface area contributed by atoms with Crippen LogP contribution in [0.4, 0.5) is 18.9 Å². The zero-order valence-corrected chi connectivity index (χ0v) is 19.8.